The number of carbonyl (C=O) groups is 1. The molecule has 3 atom stereocenters. The van der Waals surface area contributed by atoms with Gasteiger partial charge in [-0.15, -0.1) is 0 Å². The zero-order chi connectivity index (χ0) is 31.1. The number of nitrogens with one attached hydrogen (secondary N) is 1. The quantitative estimate of drug-likeness (QED) is 0.123. The summed E-state index contributed by atoms with van der Waals surface area (Å²) in [7, 11) is 0. The van der Waals surface area contributed by atoms with Crippen molar-refractivity contribution in [1.82, 2.24) is 5.32 Å². The van der Waals surface area contributed by atoms with Gasteiger partial charge in [-0.3, -0.25) is 10.5 Å². The summed E-state index contributed by atoms with van der Waals surface area (Å²) in [6, 6.07) is 16.8. The summed E-state index contributed by atoms with van der Waals surface area (Å²) in [5.41, 5.74) is 9.21. The maximum absolute atomic E-state index is 13.0. The first kappa shape index (κ1) is 31.6. The Kier molecular flexibility index (Phi) is 10.6. The van der Waals surface area contributed by atoms with Crippen LogP contribution in [0.25, 0.3) is 0 Å². The molecule has 9 heteroatoms. The number of rotatable bonds is 13. The number of phenols is 3. The van der Waals surface area contributed by atoms with Crippen LogP contribution in [0.5, 0.6) is 28.7 Å². The van der Waals surface area contributed by atoms with E-state index < -0.39 is 6.10 Å². The summed E-state index contributed by atoms with van der Waals surface area (Å²) < 4.78 is 11.6. The highest BCUT2D eigenvalue weighted by Gasteiger charge is 2.36. The van der Waals surface area contributed by atoms with Gasteiger partial charge in [0, 0.05) is 18.4 Å². The van der Waals surface area contributed by atoms with Crippen molar-refractivity contribution in [1.29, 1.82) is 0 Å². The number of phenolic OH excluding ortho intramolecular Hbond substituents is 3. The third-order valence-electron chi connectivity index (χ3n) is 8.96. The minimum absolute atomic E-state index is 0.0105. The third-order valence-corrected chi connectivity index (χ3v) is 8.96. The Labute approximate surface area is 258 Å². The van der Waals surface area contributed by atoms with E-state index in [0.29, 0.717) is 25.0 Å². The predicted octanol–water partition coefficient (Wildman–Crippen LogP) is 4.46. The van der Waals surface area contributed by atoms with E-state index in [9.17, 15) is 25.2 Å². The van der Waals surface area contributed by atoms with Crippen molar-refractivity contribution in [3.05, 3.63) is 76.9 Å². The second-order valence-electron chi connectivity index (χ2n) is 12.0. The van der Waals surface area contributed by atoms with Crippen LogP contribution in [-0.4, -0.2) is 58.2 Å². The van der Waals surface area contributed by atoms with Gasteiger partial charge in [-0.25, -0.2) is 0 Å². The number of aliphatic hydroxyl groups is 1. The molecule has 1 heterocycles. The molecule has 3 aromatic carbocycles. The SMILES string of the molecule is NCOc1cc(CCC(=O)CC(O)CC2c3cc(O)c(O)c(OC4CCNCC4)c3CCC2Cc2ccccc2)ccc1O. The van der Waals surface area contributed by atoms with Crippen molar-refractivity contribution < 1.29 is 34.7 Å². The average molecular weight is 605 g/mol. The van der Waals surface area contributed by atoms with Gasteiger partial charge >= 0.3 is 0 Å². The summed E-state index contributed by atoms with van der Waals surface area (Å²) in [5.74, 6) is 0.125. The topological polar surface area (TPSA) is 154 Å². The van der Waals surface area contributed by atoms with Crippen LogP contribution in [0.1, 0.15) is 66.7 Å². The molecule has 1 saturated heterocycles. The molecule has 0 radical (unpaired) electrons. The van der Waals surface area contributed by atoms with Gasteiger partial charge in [0.25, 0.3) is 0 Å². The first-order valence-corrected chi connectivity index (χ1v) is 15.7. The monoisotopic (exact) mass is 604 g/mol. The molecule has 3 aromatic rings. The van der Waals surface area contributed by atoms with E-state index in [2.05, 4.69) is 17.4 Å². The Morgan fingerprint density at radius 2 is 1.75 bits per heavy atom. The first-order valence-electron chi connectivity index (χ1n) is 15.7. The second kappa shape index (κ2) is 14.8. The van der Waals surface area contributed by atoms with Gasteiger partial charge in [-0.05, 0) is 105 Å². The lowest BCUT2D eigenvalue weighted by molar-refractivity contribution is -0.121. The molecule has 3 unspecified atom stereocenters. The second-order valence-corrected chi connectivity index (χ2v) is 12.0. The fourth-order valence-electron chi connectivity index (χ4n) is 6.70. The number of aromatic hydroxyl groups is 3. The summed E-state index contributed by atoms with van der Waals surface area (Å²) in [5, 5.41) is 46.2. The fraction of sp³-hybridized carbons (Fsp3) is 0.457. The molecule has 0 bridgehead atoms. The number of ether oxygens (including phenoxy) is 2. The minimum atomic E-state index is -0.877. The van der Waals surface area contributed by atoms with Crippen molar-refractivity contribution >= 4 is 5.78 Å². The molecule has 0 saturated carbocycles. The number of piperidine rings is 1. The van der Waals surface area contributed by atoms with Gasteiger partial charge < -0.3 is 35.2 Å². The molecule has 0 amide bonds. The predicted molar refractivity (Wildman–Crippen MR) is 167 cm³/mol. The van der Waals surface area contributed by atoms with Crippen LogP contribution in [0.2, 0.25) is 0 Å². The molecule has 1 aliphatic heterocycles. The van der Waals surface area contributed by atoms with E-state index in [1.54, 1.807) is 18.2 Å². The summed E-state index contributed by atoms with van der Waals surface area (Å²) >= 11 is 0. The number of benzene rings is 3. The summed E-state index contributed by atoms with van der Waals surface area (Å²) in [6.07, 6.45) is 4.06. The molecule has 236 valence electrons. The highest BCUT2D eigenvalue weighted by atomic mass is 16.5. The highest BCUT2D eigenvalue weighted by molar-refractivity contribution is 5.79. The standard InChI is InChI=1S/C35H44N2O7/c36-21-43-33-17-23(7-11-31(33)40)6-9-25(38)18-26(39)19-29-24(16-22-4-2-1-3-5-22)8-10-28-30(29)20-32(41)34(42)35(28)44-27-12-14-37-15-13-27/h1-5,7,11,17,20,24,26-27,29,37,39-42H,6,8-10,12-16,18-19,21,36H2. The number of nitrogens with two attached hydrogens (primary N) is 1. The van der Waals surface area contributed by atoms with E-state index in [1.807, 2.05) is 18.2 Å². The molecule has 7 N–H and O–H groups in total. The molecule has 5 rings (SSSR count). The lowest BCUT2D eigenvalue weighted by Gasteiger charge is -2.37. The summed E-state index contributed by atoms with van der Waals surface area (Å²) in [4.78, 5) is 13.0. The lowest BCUT2D eigenvalue weighted by Crippen LogP contribution is -2.34. The number of carbonyl (C=O) groups excluding carboxylic acids is 1. The molecule has 0 aromatic heterocycles. The smallest absolute Gasteiger partial charge is 0.200 e. The van der Waals surface area contributed by atoms with Crippen molar-refractivity contribution in [2.75, 3.05) is 19.8 Å². The number of fused-ring (bicyclic) bond motifs is 1. The number of aryl methyl sites for hydroxylation is 1. The van der Waals surface area contributed by atoms with Crippen molar-refractivity contribution in [3.63, 3.8) is 0 Å². The maximum atomic E-state index is 13.0. The molecule has 44 heavy (non-hydrogen) atoms. The van der Waals surface area contributed by atoms with Crippen LogP contribution in [0.15, 0.2) is 54.6 Å². The maximum Gasteiger partial charge on any atom is 0.200 e. The van der Waals surface area contributed by atoms with Crippen LogP contribution in [0.4, 0.5) is 0 Å². The van der Waals surface area contributed by atoms with Crippen LogP contribution in [0.3, 0.4) is 0 Å². The Morgan fingerprint density at radius 1 is 0.977 bits per heavy atom. The number of hydrogen-bond acceptors (Lipinski definition) is 9. The van der Waals surface area contributed by atoms with Gasteiger partial charge in [-0.1, -0.05) is 36.4 Å². The number of aliphatic hydroxyl groups excluding tert-OH is 1. The van der Waals surface area contributed by atoms with E-state index in [0.717, 1.165) is 55.5 Å². The van der Waals surface area contributed by atoms with Gasteiger partial charge in [0.05, 0.1) is 6.10 Å². The minimum Gasteiger partial charge on any atom is -0.504 e. The fourth-order valence-corrected chi connectivity index (χ4v) is 6.70. The van der Waals surface area contributed by atoms with E-state index in [-0.39, 0.29) is 66.3 Å². The van der Waals surface area contributed by atoms with Gasteiger partial charge in [0.15, 0.2) is 23.0 Å². The van der Waals surface area contributed by atoms with E-state index in [4.69, 9.17) is 15.2 Å². The molecule has 2 aliphatic rings. The largest absolute Gasteiger partial charge is 0.504 e. The summed E-state index contributed by atoms with van der Waals surface area (Å²) in [6.45, 7) is 1.61. The number of ketones is 1. The molecule has 9 nitrogen and oxygen atoms in total. The van der Waals surface area contributed by atoms with Gasteiger partial charge in [0.1, 0.15) is 18.6 Å². The molecular formula is C35H44N2O7. The average Bonchev–Trinajstić information content (AvgIpc) is 3.02. The Bertz CT molecular complexity index is 1410. The van der Waals surface area contributed by atoms with Crippen LogP contribution < -0.4 is 20.5 Å². The van der Waals surface area contributed by atoms with Crippen LogP contribution in [-0.2, 0) is 24.1 Å². The van der Waals surface area contributed by atoms with Crippen molar-refractivity contribution in [2.24, 2.45) is 11.7 Å². The zero-order valence-electron chi connectivity index (χ0n) is 25.1. The number of Topliss-reactive ketones (excluding diaryl/α,β-unsaturated/α-hetero) is 1. The molecular weight excluding hydrogens is 560 g/mol. The number of hydrogen-bond donors (Lipinski definition) is 6. The Balaban J connectivity index is 1.33. The van der Waals surface area contributed by atoms with Crippen LogP contribution in [0, 0.1) is 5.92 Å². The van der Waals surface area contributed by atoms with Crippen LogP contribution >= 0.6 is 0 Å². The molecule has 1 fully saturated rings. The molecule has 1 aliphatic carbocycles. The van der Waals surface area contributed by atoms with E-state index in [1.165, 1.54) is 11.6 Å². The molecule has 0 spiro atoms. The normalized spacial score (nSPS) is 19.2. The van der Waals surface area contributed by atoms with E-state index >= 15 is 0 Å². The lowest BCUT2D eigenvalue weighted by atomic mass is 9.70. The Hall–Kier alpha value is -3.79. The van der Waals surface area contributed by atoms with Gasteiger partial charge in [-0.2, -0.15) is 0 Å². The van der Waals surface area contributed by atoms with Gasteiger partial charge in [0.2, 0.25) is 5.75 Å². The highest BCUT2D eigenvalue weighted by Crippen LogP contribution is 2.50. The van der Waals surface area contributed by atoms with Crippen molar-refractivity contribution in [3.8, 4) is 28.7 Å². The third kappa shape index (κ3) is 7.83. The Morgan fingerprint density at radius 3 is 2.50 bits per heavy atom. The van der Waals surface area contributed by atoms with Crippen molar-refractivity contribution in [2.45, 2.75) is 75.9 Å². The zero-order valence-corrected chi connectivity index (χ0v) is 25.1. The first-order chi connectivity index (χ1) is 21.3.